The maximum atomic E-state index is 13.0. The monoisotopic (exact) mass is 308 g/mol. The molecule has 0 spiro atoms. The fourth-order valence-electron chi connectivity index (χ4n) is 3.18. The molecule has 23 heavy (non-hydrogen) atoms. The molecule has 1 fully saturated rings. The fraction of sp³-hybridized carbons (Fsp3) is 0.350. The minimum Gasteiger partial charge on any atom is -0.314 e. The lowest BCUT2D eigenvalue weighted by molar-refractivity contribution is 0.0946. The van der Waals surface area contributed by atoms with Gasteiger partial charge >= 0.3 is 0 Å². The highest BCUT2D eigenvalue weighted by Gasteiger charge is 2.23. The Balaban J connectivity index is 1.75. The molecule has 0 saturated carbocycles. The first-order valence-electron chi connectivity index (χ1n) is 8.42. The molecule has 3 rings (SSSR count). The van der Waals surface area contributed by atoms with Crippen molar-refractivity contribution < 1.29 is 4.79 Å². The van der Waals surface area contributed by atoms with Crippen molar-refractivity contribution in [2.75, 3.05) is 32.7 Å². The van der Waals surface area contributed by atoms with Crippen molar-refractivity contribution in [1.29, 1.82) is 0 Å². The van der Waals surface area contributed by atoms with Crippen LogP contribution in [0.3, 0.4) is 0 Å². The zero-order chi connectivity index (χ0) is 15.9. The van der Waals surface area contributed by atoms with E-state index in [1.54, 1.807) is 0 Å². The average molecular weight is 308 g/mol. The normalized spacial score (nSPS) is 16.9. The van der Waals surface area contributed by atoms with Crippen LogP contribution in [0, 0.1) is 0 Å². The van der Waals surface area contributed by atoms with E-state index in [0.29, 0.717) is 0 Å². The van der Waals surface area contributed by atoms with Gasteiger partial charge in [-0.2, -0.15) is 0 Å². The Morgan fingerprint density at radius 2 is 1.57 bits per heavy atom. The van der Waals surface area contributed by atoms with Gasteiger partial charge in [0, 0.05) is 37.7 Å². The van der Waals surface area contributed by atoms with Gasteiger partial charge in [0.2, 0.25) is 0 Å². The second-order valence-corrected chi connectivity index (χ2v) is 6.07. The minimum absolute atomic E-state index is 0.0616. The van der Waals surface area contributed by atoms with Crippen LogP contribution in [0.15, 0.2) is 60.7 Å². The van der Waals surface area contributed by atoms with Gasteiger partial charge in [0.15, 0.2) is 5.78 Å². The summed E-state index contributed by atoms with van der Waals surface area (Å²) in [7, 11) is 0. The number of Topliss-reactive ketones (excluding diaryl/α,β-unsaturated/α-hetero) is 1. The number of benzene rings is 2. The summed E-state index contributed by atoms with van der Waals surface area (Å²) in [6.07, 6.45) is 0.873. The fourth-order valence-corrected chi connectivity index (χ4v) is 3.18. The largest absolute Gasteiger partial charge is 0.314 e. The number of piperazine rings is 1. The molecule has 1 saturated heterocycles. The zero-order valence-corrected chi connectivity index (χ0v) is 13.4. The molecule has 0 amide bonds. The van der Waals surface area contributed by atoms with Crippen molar-refractivity contribution in [1.82, 2.24) is 10.2 Å². The summed E-state index contributed by atoms with van der Waals surface area (Å²) in [6, 6.07) is 19.9. The van der Waals surface area contributed by atoms with Gasteiger partial charge in [0.25, 0.3) is 0 Å². The van der Waals surface area contributed by atoms with E-state index in [0.717, 1.165) is 50.3 Å². The lowest BCUT2D eigenvalue weighted by atomic mass is 9.88. The predicted octanol–water partition coefficient (Wildman–Crippen LogP) is 2.95. The molecule has 1 aliphatic heterocycles. The molecule has 3 heteroatoms. The number of hydrogen-bond donors (Lipinski definition) is 1. The second-order valence-electron chi connectivity index (χ2n) is 6.07. The second kappa shape index (κ2) is 8.04. The highest BCUT2D eigenvalue weighted by Crippen LogP contribution is 2.25. The number of carbonyl (C=O) groups excluding carboxylic acids is 1. The predicted molar refractivity (Wildman–Crippen MR) is 93.9 cm³/mol. The van der Waals surface area contributed by atoms with Crippen molar-refractivity contribution in [2.45, 2.75) is 12.3 Å². The first-order chi connectivity index (χ1) is 11.3. The summed E-state index contributed by atoms with van der Waals surface area (Å²) in [4.78, 5) is 15.4. The zero-order valence-electron chi connectivity index (χ0n) is 13.4. The molecular weight excluding hydrogens is 284 g/mol. The van der Waals surface area contributed by atoms with Gasteiger partial charge in [-0.15, -0.1) is 0 Å². The Labute approximate surface area is 138 Å². The smallest absolute Gasteiger partial charge is 0.170 e. The van der Waals surface area contributed by atoms with Crippen LogP contribution in [-0.2, 0) is 0 Å². The van der Waals surface area contributed by atoms with E-state index in [2.05, 4.69) is 22.3 Å². The highest BCUT2D eigenvalue weighted by molar-refractivity contribution is 6.00. The topological polar surface area (TPSA) is 32.3 Å². The quantitative estimate of drug-likeness (QED) is 0.833. The number of nitrogens with one attached hydrogen (secondary N) is 1. The van der Waals surface area contributed by atoms with E-state index >= 15 is 0 Å². The molecule has 1 unspecified atom stereocenters. The van der Waals surface area contributed by atoms with E-state index in [-0.39, 0.29) is 11.7 Å². The molecule has 0 radical (unpaired) electrons. The maximum Gasteiger partial charge on any atom is 0.170 e. The Kier molecular flexibility index (Phi) is 5.56. The van der Waals surface area contributed by atoms with Gasteiger partial charge in [0.05, 0.1) is 0 Å². The van der Waals surface area contributed by atoms with Crippen molar-refractivity contribution in [3.63, 3.8) is 0 Å². The third kappa shape index (κ3) is 4.27. The minimum atomic E-state index is -0.0616. The highest BCUT2D eigenvalue weighted by atomic mass is 16.1. The first kappa shape index (κ1) is 15.9. The summed E-state index contributed by atoms with van der Waals surface area (Å²) >= 11 is 0. The SMILES string of the molecule is O=C(c1ccccc1)C(CCN1CCNCC1)c1ccccc1. The molecule has 0 aliphatic carbocycles. The van der Waals surface area contributed by atoms with E-state index in [9.17, 15) is 4.79 Å². The Morgan fingerprint density at radius 3 is 2.22 bits per heavy atom. The number of rotatable bonds is 6. The van der Waals surface area contributed by atoms with Gasteiger partial charge in [-0.3, -0.25) is 4.79 Å². The van der Waals surface area contributed by atoms with Gasteiger partial charge in [-0.1, -0.05) is 60.7 Å². The van der Waals surface area contributed by atoms with Crippen LogP contribution >= 0.6 is 0 Å². The molecule has 1 atom stereocenters. The molecule has 1 heterocycles. The van der Waals surface area contributed by atoms with Crippen LogP contribution < -0.4 is 5.32 Å². The lowest BCUT2D eigenvalue weighted by Gasteiger charge is -2.28. The standard InChI is InChI=1S/C20H24N2O/c23-20(18-9-5-2-6-10-18)19(17-7-3-1-4-8-17)11-14-22-15-12-21-13-16-22/h1-10,19,21H,11-16H2. The van der Waals surface area contributed by atoms with E-state index < -0.39 is 0 Å². The van der Waals surface area contributed by atoms with Crippen LogP contribution in [0.1, 0.15) is 28.3 Å². The summed E-state index contributed by atoms with van der Waals surface area (Å²) in [5, 5.41) is 3.37. The summed E-state index contributed by atoms with van der Waals surface area (Å²) in [5.74, 6) is 0.167. The molecule has 120 valence electrons. The van der Waals surface area contributed by atoms with Gasteiger partial charge in [-0.05, 0) is 18.5 Å². The number of hydrogen-bond acceptors (Lipinski definition) is 3. The molecule has 2 aromatic rings. The van der Waals surface area contributed by atoms with Gasteiger partial charge in [0.1, 0.15) is 0 Å². The van der Waals surface area contributed by atoms with Crippen molar-refractivity contribution in [3.8, 4) is 0 Å². The summed E-state index contributed by atoms with van der Waals surface area (Å²) in [6.45, 7) is 5.20. The average Bonchev–Trinajstić information content (AvgIpc) is 2.64. The Bertz CT molecular complexity index is 606. The van der Waals surface area contributed by atoms with Crippen molar-refractivity contribution in [2.24, 2.45) is 0 Å². The summed E-state index contributed by atoms with van der Waals surface area (Å²) < 4.78 is 0. The van der Waals surface area contributed by atoms with Gasteiger partial charge < -0.3 is 10.2 Å². The third-order valence-corrected chi connectivity index (χ3v) is 4.52. The lowest BCUT2D eigenvalue weighted by Crippen LogP contribution is -2.44. The van der Waals surface area contributed by atoms with Crippen LogP contribution in [0.5, 0.6) is 0 Å². The molecular formula is C20H24N2O. The molecule has 3 nitrogen and oxygen atoms in total. The van der Waals surface area contributed by atoms with E-state index in [1.165, 1.54) is 0 Å². The Morgan fingerprint density at radius 1 is 0.957 bits per heavy atom. The van der Waals surface area contributed by atoms with Crippen LogP contribution in [0.25, 0.3) is 0 Å². The van der Waals surface area contributed by atoms with Crippen LogP contribution in [0.2, 0.25) is 0 Å². The van der Waals surface area contributed by atoms with Crippen molar-refractivity contribution in [3.05, 3.63) is 71.8 Å². The van der Waals surface area contributed by atoms with Gasteiger partial charge in [-0.25, -0.2) is 0 Å². The summed E-state index contributed by atoms with van der Waals surface area (Å²) in [5.41, 5.74) is 1.93. The molecule has 2 aromatic carbocycles. The van der Waals surface area contributed by atoms with Crippen LogP contribution in [0.4, 0.5) is 0 Å². The molecule has 1 aliphatic rings. The molecule has 1 N–H and O–H groups in total. The Hall–Kier alpha value is -1.97. The molecule has 0 aromatic heterocycles. The van der Waals surface area contributed by atoms with Crippen LogP contribution in [-0.4, -0.2) is 43.4 Å². The first-order valence-corrected chi connectivity index (χ1v) is 8.42. The number of nitrogens with zero attached hydrogens (tertiary/aromatic N) is 1. The third-order valence-electron chi connectivity index (χ3n) is 4.52. The molecule has 0 bridgehead atoms. The van der Waals surface area contributed by atoms with E-state index in [1.807, 2.05) is 48.5 Å². The number of carbonyl (C=O) groups is 1. The maximum absolute atomic E-state index is 13.0. The number of ketones is 1. The van der Waals surface area contributed by atoms with Crippen molar-refractivity contribution >= 4 is 5.78 Å². The van der Waals surface area contributed by atoms with E-state index in [4.69, 9.17) is 0 Å².